The van der Waals surface area contributed by atoms with E-state index in [1.54, 1.807) is 0 Å². The van der Waals surface area contributed by atoms with Crippen molar-refractivity contribution < 1.29 is 4.74 Å². The average molecular weight is 183 g/mol. The van der Waals surface area contributed by atoms with E-state index < -0.39 is 0 Å². The topological polar surface area (TPSA) is 21.3 Å². The van der Waals surface area contributed by atoms with Gasteiger partial charge >= 0.3 is 0 Å². The fourth-order valence-corrected chi connectivity index (χ4v) is 1.14. The number of ether oxygens (including phenoxy) is 1. The molecule has 1 aliphatic rings. The Morgan fingerprint density at radius 2 is 2.15 bits per heavy atom. The van der Waals surface area contributed by atoms with E-state index in [-0.39, 0.29) is 0 Å². The molecule has 0 spiro atoms. The Morgan fingerprint density at radius 1 is 1.46 bits per heavy atom. The van der Waals surface area contributed by atoms with E-state index in [1.165, 1.54) is 5.70 Å². The Bertz CT molecular complexity index is 183. The first-order valence-corrected chi connectivity index (χ1v) is 5.11. The summed E-state index contributed by atoms with van der Waals surface area (Å²) < 4.78 is 5.45. The minimum atomic E-state index is 0.781. The Balaban J connectivity index is 0.000000671. The molecule has 0 aliphatic carbocycles. The normalized spacial score (nSPS) is 16.0. The molecule has 1 rings (SSSR count). The van der Waals surface area contributed by atoms with Gasteiger partial charge < -0.3 is 10.1 Å². The zero-order chi connectivity index (χ0) is 10.1. The van der Waals surface area contributed by atoms with E-state index in [9.17, 15) is 0 Å². The minimum Gasteiger partial charge on any atom is -0.490 e. The second-order valence-electron chi connectivity index (χ2n) is 2.47. The summed E-state index contributed by atoms with van der Waals surface area (Å²) in [7, 11) is 0. The third kappa shape index (κ3) is 4.02. The monoisotopic (exact) mass is 183 g/mol. The maximum absolute atomic E-state index is 5.45. The summed E-state index contributed by atoms with van der Waals surface area (Å²) in [5.41, 5.74) is 1.22. The van der Waals surface area contributed by atoms with Crippen LogP contribution in [0.15, 0.2) is 23.6 Å². The van der Waals surface area contributed by atoms with Crippen LogP contribution < -0.4 is 5.32 Å². The van der Waals surface area contributed by atoms with Crippen molar-refractivity contribution >= 4 is 0 Å². The minimum absolute atomic E-state index is 0.781. The molecule has 0 unspecified atom stereocenters. The molecule has 1 heterocycles. The number of allylic oxidation sites excluding steroid dienone is 3. The van der Waals surface area contributed by atoms with Gasteiger partial charge in [0.05, 0.1) is 5.70 Å². The van der Waals surface area contributed by atoms with E-state index in [0.717, 1.165) is 25.3 Å². The van der Waals surface area contributed by atoms with E-state index in [2.05, 4.69) is 12.2 Å². The van der Waals surface area contributed by atoms with Crippen LogP contribution in [0.4, 0.5) is 0 Å². The van der Waals surface area contributed by atoms with Gasteiger partial charge in [0, 0.05) is 6.54 Å². The number of hydrogen-bond donors (Lipinski definition) is 1. The van der Waals surface area contributed by atoms with Crippen LogP contribution in [-0.2, 0) is 4.74 Å². The van der Waals surface area contributed by atoms with Crippen molar-refractivity contribution in [1.29, 1.82) is 0 Å². The lowest BCUT2D eigenvalue weighted by Gasteiger charge is -2.20. The van der Waals surface area contributed by atoms with E-state index in [0.29, 0.717) is 0 Å². The Labute approximate surface area is 81.7 Å². The van der Waals surface area contributed by atoms with Crippen LogP contribution in [-0.4, -0.2) is 13.2 Å². The molecule has 0 saturated heterocycles. The lowest BCUT2D eigenvalue weighted by Crippen LogP contribution is -2.25. The van der Waals surface area contributed by atoms with Gasteiger partial charge in [-0.1, -0.05) is 26.8 Å². The van der Waals surface area contributed by atoms with E-state index >= 15 is 0 Å². The van der Waals surface area contributed by atoms with Gasteiger partial charge in [-0.2, -0.15) is 0 Å². The molecule has 0 bridgehead atoms. The molecule has 2 heteroatoms. The van der Waals surface area contributed by atoms with Crippen LogP contribution in [0.1, 0.15) is 34.1 Å². The Morgan fingerprint density at radius 3 is 2.69 bits per heavy atom. The molecule has 76 valence electrons. The van der Waals surface area contributed by atoms with Crippen LogP contribution in [0.2, 0.25) is 0 Å². The summed E-state index contributed by atoms with van der Waals surface area (Å²) in [6.45, 7) is 9.84. The predicted octanol–water partition coefficient (Wildman–Crippen LogP) is 2.83. The smallest absolute Gasteiger partial charge is 0.137 e. The molecule has 0 saturated carbocycles. The van der Waals surface area contributed by atoms with Crippen molar-refractivity contribution in [3.05, 3.63) is 23.6 Å². The lowest BCUT2D eigenvalue weighted by atomic mass is 10.2. The van der Waals surface area contributed by atoms with Gasteiger partial charge in [0.2, 0.25) is 0 Å². The van der Waals surface area contributed by atoms with Gasteiger partial charge in [-0.15, -0.1) is 0 Å². The van der Waals surface area contributed by atoms with Gasteiger partial charge in [0.15, 0.2) is 0 Å². The highest BCUT2D eigenvalue weighted by molar-refractivity contribution is 5.20. The van der Waals surface area contributed by atoms with Crippen LogP contribution in [0.5, 0.6) is 0 Å². The van der Waals surface area contributed by atoms with Crippen molar-refractivity contribution in [3.8, 4) is 0 Å². The van der Waals surface area contributed by atoms with Crippen molar-refractivity contribution in [1.82, 2.24) is 5.32 Å². The molecule has 0 aromatic heterocycles. The average Bonchev–Trinajstić information content (AvgIpc) is 2.22. The second-order valence-corrected chi connectivity index (χ2v) is 2.47. The molecule has 0 fully saturated rings. The molecule has 0 aromatic rings. The summed E-state index contributed by atoms with van der Waals surface area (Å²) in [5.74, 6) is 1.00. The first kappa shape index (κ1) is 12.1. The second kappa shape index (κ2) is 7.71. The Hall–Kier alpha value is -0.920. The third-order valence-corrected chi connectivity index (χ3v) is 1.67. The molecule has 13 heavy (non-hydrogen) atoms. The first-order valence-electron chi connectivity index (χ1n) is 5.11. The number of hydrogen-bond acceptors (Lipinski definition) is 2. The highest BCUT2D eigenvalue weighted by atomic mass is 16.5. The molecule has 2 nitrogen and oxygen atoms in total. The molecule has 1 aliphatic heterocycles. The fraction of sp³-hybridized carbons (Fsp3) is 0.636. The van der Waals surface area contributed by atoms with E-state index in [4.69, 9.17) is 4.74 Å². The molecule has 1 N–H and O–H groups in total. The van der Waals surface area contributed by atoms with Crippen molar-refractivity contribution in [2.24, 2.45) is 0 Å². The SMILES string of the molecule is C/C=C\C1=C(CC)NCCO1.CC. The zero-order valence-electron chi connectivity index (χ0n) is 9.18. The molecule has 0 aromatic carbocycles. The van der Waals surface area contributed by atoms with Gasteiger partial charge in [-0.25, -0.2) is 0 Å². The summed E-state index contributed by atoms with van der Waals surface area (Å²) in [4.78, 5) is 0. The quantitative estimate of drug-likeness (QED) is 0.710. The van der Waals surface area contributed by atoms with Crippen LogP contribution in [0.3, 0.4) is 0 Å². The summed E-state index contributed by atoms with van der Waals surface area (Å²) >= 11 is 0. The van der Waals surface area contributed by atoms with Crippen molar-refractivity contribution in [3.63, 3.8) is 0 Å². The summed E-state index contributed by atoms with van der Waals surface area (Å²) in [6, 6.07) is 0. The van der Waals surface area contributed by atoms with Gasteiger partial charge in [0.25, 0.3) is 0 Å². The van der Waals surface area contributed by atoms with Crippen LogP contribution in [0, 0.1) is 0 Å². The molecular weight excluding hydrogens is 162 g/mol. The summed E-state index contributed by atoms with van der Waals surface area (Å²) in [5, 5.41) is 3.31. The van der Waals surface area contributed by atoms with E-state index in [1.807, 2.05) is 32.9 Å². The number of nitrogens with one attached hydrogen (secondary N) is 1. The highest BCUT2D eigenvalue weighted by Gasteiger charge is 2.07. The lowest BCUT2D eigenvalue weighted by molar-refractivity contribution is 0.202. The van der Waals surface area contributed by atoms with Crippen LogP contribution in [0.25, 0.3) is 0 Å². The van der Waals surface area contributed by atoms with Crippen LogP contribution >= 0.6 is 0 Å². The summed E-state index contributed by atoms with van der Waals surface area (Å²) in [6.07, 6.45) is 5.02. The molecular formula is C11H21NO. The molecule has 0 amide bonds. The standard InChI is InChI=1S/C9H15NO.C2H6/c1-3-5-9-8(4-2)10-6-7-11-9;1-2/h3,5,10H,4,6-7H2,1-2H3;1-2H3/b5-3-;. The first-order chi connectivity index (χ1) is 6.38. The van der Waals surface area contributed by atoms with Gasteiger partial charge in [0.1, 0.15) is 12.4 Å². The predicted molar refractivity (Wildman–Crippen MR) is 57.4 cm³/mol. The fourth-order valence-electron chi connectivity index (χ4n) is 1.14. The van der Waals surface area contributed by atoms with Gasteiger partial charge in [-0.3, -0.25) is 0 Å². The van der Waals surface area contributed by atoms with Crippen molar-refractivity contribution in [2.45, 2.75) is 34.1 Å². The maximum Gasteiger partial charge on any atom is 0.137 e. The molecule has 0 radical (unpaired) electrons. The van der Waals surface area contributed by atoms with Gasteiger partial charge in [-0.05, 0) is 19.4 Å². The number of rotatable bonds is 2. The Kier molecular flexibility index (Phi) is 7.17. The highest BCUT2D eigenvalue weighted by Crippen LogP contribution is 2.12. The maximum atomic E-state index is 5.45. The largest absolute Gasteiger partial charge is 0.490 e. The van der Waals surface area contributed by atoms with Crippen molar-refractivity contribution in [2.75, 3.05) is 13.2 Å². The molecule has 0 atom stereocenters. The third-order valence-electron chi connectivity index (χ3n) is 1.67. The zero-order valence-corrected chi connectivity index (χ0v) is 9.18.